The summed E-state index contributed by atoms with van der Waals surface area (Å²) < 4.78 is 44.1. The lowest BCUT2D eigenvalue weighted by Gasteiger charge is -2.18. The van der Waals surface area contributed by atoms with Crippen molar-refractivity contribution in [3.63, 3.8) is 0 Å². The first-order valence-corrected chi connectivity index (χ1v) is 9.30. The summed E-state index contributed by atoms with van der Waals surface area (Å²) in [5, 5.41) is 2.83. The van der Waals surface area contributed by atoms with E-state index in [1.807, 2.05) is 6.07 Å². The number of anilines is 1. The van der Waals surface area contributed by atoms with E-state index in [0.717, 1.165) is 29.9 Å². The van der Waals surface area contributed by atoms with Crippen LogP contribution in [0.5, 0.6) is 5.75 Å². The molecule has 5 nitrogen and oxygen atoms in total. The van der Waals surface area contributed by atoms with Crippen molar-refractivity contribution in [3.05, 3.63) is 59.2 Å². The molecule has 4 rings (SSSR count). The molecule has 29 heavy (non-hydrogen) atoms. The first-order chi connectivity index (χ1) is 13.8. The number of fused-ring (bicyclic) bond motifs is 1. The molecule has 0 radical (unpaired) electrons. The molecule has 8 heteroatoms. The van der Waals surface area contributed by atoms with E-state index in [2.05, 4.69) is 5.32 Å². The van der Waals surface area contributed by atoms with Crippen LogP contribution in [0.2, 0.25) is 0 Å². The van der Waals surface area contributed by atoms with E-state index in [4.69, 9.17) is 4.74 Å². The summed E-state index contributed by atoms with van der Waals surface area (Å²) in [5.41, 5.74) is 1.30. The largest absolute Gasteiger partial charge is 0.493 e. The number of halogens is 3. The van der Waals surface area contributed by atoms with Gasteiger partial charge in [0.1, 0.15) is 5.75 Å². The maximum Gasteiger partial charge on any atom is 0.416 e. The number of benzene rings is 2. The van der Waals surface area contributed by atoms with Gasteiger partial charge < -0.3 is 15.0 Å². The van der Waals surface area contributed by atoms with Gasteiger partial charge in [-0.05, 0) is 41.5 Å². The Hall–Kier alpha value is -3.03. The molecule has 2 aliphatic rings. The minimum Gasteiger partial charge on any atom is -0.493 e. The Balaban J connectivity index is 1.39. The number of hydrogen-bond acceptors (Lipinski definition) is 3. The van der Waals surface area contributed by atoms with Crippen molar-refractivity contribution in [2.75, 3.05) is 18.5 Å². The second-order valence-electron chi connectivity index (χ2n) is 7.28. The molecular weight excluding hydrogens is 385 g/mol. The van der Waals surface area contributed by atoms with Crippen molar-refractivity contribution in [2.45, 2.75) is 25.6 Å². The van der Waals surface area contributed by atoms with Gasteiger partial charge in [-0.15, -0.1) is 0 Å². The van der Waals surface area contributed by atoms with Gasteiger partial charge in [0.2, 0.25) is 11.8 Å². The number of hydrogen-bond donors (Lipinski definition) is 1. The lowest BCUT2D eigenvalue weighted by atomic mass is 10.1. The van der Waals surface area contributed by atoms with Crippen molar-refractivity contribution in [1.82, 2.24) is 4.90 Å². The molecule has 152 valence electrons. The average molecular weight is 404 g/mol. The van der Waals surface area contributed by atoms with Gasteiger partial charge >= 0.3 is 6.18 Å². The average Bonchev–Trinajstić information content (AvgIpc) is 3.28. The molecule has 0 bridgehead atoms. The Morgan fingerprint density at radius 3 is 2.83 bits per heavy atom. The van der Waals surface area contributed by atoms with Gasteiger partial charge in [0.15, 0.2) is 0 Å². The van der Waals surface area contributed by atoms with Crippen LogP contribution in [0.25, 0.3) is 0 Å². The predicted molar refractivity (Wildman–Crippen MR) is 99.2 cm³/mol. The number of alkyl halides is 3. The first-order valence-electron chi connectivity index (χ1n) is 9.30. The Kier molecular flexibility index (Phi) is 4.94. The molecule has 2 aliphatic heterocycles. The number of ether oxygens (including phenoxy) is 1. The van der Waals surface area contributed by atoms with Crippen molar-refractivity contribution in [1.29, 1.82) is 0 Å². The summed E-state index contributed by atoms with van der Waals surface area (Å²) >= 11 is 0. The molecule has 0 unspecified atom stereocenters. The van der Waals surface area contributed by atoms with Gasteiger partial charge in [0, 0.05) is 31.6 Å². The molecule has 0 aliphatic carbocycles. The quantitative estimate of drug-likeness (QED) is 0.847. The van der Waals surface area contributed by atoms with Gasteiger partial charge in [-0.25, -0.2) is 0 Å². The number of likely N-dealkylation sites (tertiary alicyclic amines) is 1. The first kappa shape index (κ1) is 19.3. The number of rotatable bonds is 4. The van der Waals surface area contributed by atoms with Crippen LogP contribution in [0.3, 0.4) is 0 Å². The van der Waals surface area contributed by atoms with E-state index in [9.17, 15) is 22.8 Å². The fourth-order valence-corrected chi connectivity index (χ4v) is 3.68. The summed E-state index contributed by atoms with van der Waals surface area (Å²) in [7, 11) is 0. The number of carbonyl (C=O) groups is 2. The maximum atomic E-state index is 12.9. The third-order valence-corrected chi connectivity index (χ3v) is 5.17. The molecule has 0 spiro atoms. The lowest BCUT2D eigenvalue weighted by Crippen LogP contribution is -2.28. The molecule has 0 aromatic heterocycles. The monoisotopic (exact) mass is 404 g/mol. The van der Waals surface area contributed by atoms with Crippen molar-refractivity contribution in [3.8, 4) is 5.75 Å². The van der Waals surface area contributed by atoms with Crippen LogP contribution < -0.4 is 10.1 Å². The van der Waals surface area contributed by atoms with Crippen LogP contribution in [0.1, 0.15) is 23.1 Å². The number of nitrogens with one attached hydrogen (secondary N) is 1. The highest BCUT2D eigenvalue weighted by Gasteiger charge is 2.35. The van der Waals surface area contributed by atoms with E-state index >= 15 is 0 Å². The molecule has 1 saturated heterocycles. The molecule has 0 saturated carbocycles. The number of amides is 2. The number of nitrogens with zero attached hydrogens (tertiary/aromatic N) is 1. The van der Waals surface area contributed by atoms with E-state index in [-0.39, 0.29) is 31.3 Å². The van der Waals surface area contributed by atoms with Crippen molar-refractivity contribution in [2.24, 2.45) is 5.92 Å². The summed E-state index contributed by atoms with van der Waals surface area (Å²) in [4.78, 5) is 26.3. The predicted octanol–water partition coefficient (Wildman–Crippen LogP) is 3.63. The van der Waals surface area contributed by atoms with Gasteiger partial charge in [-0.2, -0.15) is 13.2 Å². The van der Waals surface area contributed by atoms with Crippen LogP contribution in [0, 0.1) is 5.92 Å². The van der Waals surface area contributed by atoms with Crippen LogP contribution in [-0.2, 0) is 28.7 Å². The molecule has 2 amide bonds. The summed E-state index contributed by atoms with van der Waals surface area (Å²) in [5.74, 6) is -0.252. The summed E-state index contributed by atoms with van der Waals surface area (Å²) in [6.45, 7) is 0.839. The molecule has 2 aromatic rings. The lowest BCUT2D eigenvalue weighted by molar-refractivity contribution is -0.137. The van der Waals surface area contributed by atoms with E-state index in [1.165, 1.54) is 11.0 Å². The minimum absolute atomic E-state index is 0.0405. The van der Waals surface area contributed by atoms with Crippen LogP contribution >= 0.6 is 0 Å². The Morgan fingerprint density at radius 2 is 2.03 bits per heavy atom. The van der Waals surface area contributed by atoms with E-state index in [0.29, 0.717) is 17.9 Å². The van der Waals surface area contributed by atoms with Crippen LogP contribution in [0.4, 0.5) is 18.9 Å². The second kappa shape index (κ2) is 7.42. The molecule has 1 atom stereocenters. The fraction of sp³-hybridized carbons (Fsp3) is 0.333. The van der Waals surface area contributed by atoms with Gasteiger partial charge in [0.25, 0.3) is 0 Å². The molecule has 2 heterocycles. The highest BCUT2D eigenvalue weighted by Crippen LogP contribution is 2.31. The topological polar surface area (TPSA) is 58.6 Å². The summed E-state index contributed by atoms with van der Waals surface area (Å²) in [6, 6.07) is 10.3. The Bertz CT molecular complexity index is 958. The zero-order valence-corrected chi connectivity index (χ0v) is 15.5. The van der Waals surface area contributed by atoms with E-state index in [1.54, 1.807) is 18.2 Å². The number of carbonyl (C=O) groups excluding carboxylic acids is 2. The van der Waals surface area contributed by atoms with Gasteiger partial charge in [-0.3, -0.25) is 9.59 Å². The maximum absolute atomic E-state index is 12.9. The molecule has 2 aromatic carbocycles. The highest BCUT2D eigenvalue weighted by atomic mass is 19.4. The van der Waals surface area contributed by atoms with Crippen molar-refractivity contribution < 1.29 is 27.5 Å². The third kappa shape index (κ3) is 4.21. The third-order valence-electron chi connectivity index (χ3n) is 5.17. The van der Waals surface area contributed by atoms with Crippen LogP contribution in [-0.4, -0.2) is 29.9 Å². The molecular formula is C21H19F3N2O3. The highest BCUT2D eigenvalue weighted by molar-refractivity contribution is 5.97. The summed E-state index contributed by atoms with van der Waals surface area (Å²) in [6.07, 6.45) is -3.61. The SMILES string of the molecule is O=C(Nc1ccc2c(c1)CCO2)[C@H]1CC(=O)N(Cc2cccc(C(F)(F)F)c2)C1. The fourth-order valence-electron chi connectivity index (χ4n) is 3.68. The normalized spacial score (nSPS) is 18.5. The van der Waals surface area contributed by atoms with Gasteiger partial charge in [0.05, 0.1) is 18.1 Å². The Morgan fingerprint density at radius 1 is 1.21 bits per heavy atom. The Labute approximate surface area is 165 Å². The second-order valence-corrected chi connectivity index (χ2v) is 7.28. The van der Waals surface area contributed by atoms with E-state index < -0.39 is 17.7 Å². The van der Waals surface area contributed by atoms with Crippen LogP contribution in [0.15, 0.2) is 42.5 Å². The standard InChI is InChI=1S/C21H19F3N2O3/c22-21(23,24)16-3-1-2-13(8-16)11-26-12-15(10-19(26)27)20(28)25-17-4-5-18-14(9-17)6-7-29-18/h1-5,8-9,15H,6-7,10-12H2,(H,25,28)/t15-/m0/s1. The molecule has 1 fully saturated rings. The molecule has 1 N–H and O–H groups in total. The van der Waals surface area contributed by atoms with Crippen molar-refractivity contribution >= 4 is 17.5 Å². The zero-order valence-electron chi connectivity index (χ0n) is 15.5. The van der Waals surface area contributed by atoms with Gasteiger partial charge in [-0.1, -0.05) is 12.1 Å². The zero-order chi connectivity index (χ0) is 20.6. The smallest absolute Gasteiger partial charge is 0.416 e. The minimum atomic E-state index is -4.44.